The SMILES string of the molecule is CN=C(NC1CC1c1ccccc1)N1CCC(OCCCNC(=O)OC(C)(C)C)CC1. The standard InChI is InChI=1S/C24H38N4O3/c1-24(2,3)31-23(29)26-13-8-16-30-19-11-14-28(15-12-19)22(25-4)27-21-17-20(21)18-9-6-5-7-10-18/h5-7,9-10,19-21H,8,11-17H2,1-4H3,(H,25,27)(H,26,29). The van der Waals surface area contributed by atoms with Gasteiger partial charge in [0.25, 0.3) is 0 Å². The predicted molar refractivity (Wildman–Crippen MR) is 123 cm³/mol. The molecule has 31 heavy (non-hydrogen) atoms. The Kier molecular flexibility index (Phi) is 8.18. The Morgan fingerprint density at radius 3 is 2.55 bits per heavy atom. The maximum atomic E-state index is 11.6. The molecule has 2 fully saturated rings. The third-order valence-electron chi connectivity index (χ3n) is 5.63. The number of hydrogen-bond acceptors (Lipinski definition) is 4. The Hall–Kier alpha value is -2.28. The average molecular weight is 431 g/mol. The lowest BCUT2D eigenvalue weighted by Crippen LogP contribution is -2.47. The first kappa shape index (κ1) is 23.4. The Morgan fingerprint density at radius 2 is 1.90 bits per heavy atom. The number of ether oxygens (including phenoxy) is 2. The van der Waals surface area contributed by atoms with E-state index in [1.54, 1.807) is 0 Å². The van der Waals surface area contributed by atoms with Crippen molar-refractivity contribution in [1.82, 2.24) is 15.5 Å². The number of aliphatic imine (C=N–C) groups is 1. The molecular weight excluding hydrogens is 392 g/mol. The lowest BCUT2D eigenvalue weighted by atomic mass is 10.1. The molecule has 7 heteroatoms. The molecule has 7 nitrogen and oxygen atoms in total. The third-order valence-corrected chi connectivity index (χ3v) is 5.63. The van der Waals surface area contributed by atoms with Crippen LogP contribution < -0.4 is 10.6 Å². The zero-order valence-corrected chi connectivity index (χ0v) is 19.4. The van der Waals surface area contributed by atoms with E-state index in [1.165, 1.54) is 12.0 Å². The highest BCUT2D eigenvalue weighted by Gasteiger charge is 2.39. The van der Waals surface area contributed by atoms with Crippen LogP contribution in [0, 0.1) is 0 Å². The van der Waals surface area contributed by atoms with Crippen LogP contribution in [0.5, 0.6) is 0 Å². The van der Waals surface area contributed by atoms with Crippen LogP contribution in [0.25, 0.3) is 0 Å². The first-order valence-electron chi connectivity index (χ1n) is 11.5. The van der Waals surface area contributed by atoms with Crippen LogP contribution >= 0.6 is 0 Å². The fourth-order valence-electron chi connectivity index (χ4n) is 3.95. The van der Waals surface area contributed by atoms with Crippen molar-refractivity contribution >= 4 is 12.1 Å². The normalized spacial score (nSPS) is 22.2. The van der Waals surface area contributed by atoms with Crippen LogP contribution in [-0.4, -0.2) is 68.0 Å². The van der Waals surface area contributed by atoms with Crippen LogP contribution in [0.2, 0.25) is 0 Å². The van der Waals surface area contributed by atoms with Gasteiger partial charge in [0.2, 0.25) is 0 Å². The molecule has 2 aliphatic rings. The minimum Gasteiger partial charge on any atom is -0.444 e. The number of nitrogens with zero attached hydrogens (tertiary/aromatic N) is 2. The lowest BCUT2D eigenvalue weighted by molar-refractivity contribution is 0.0170. The number of guanidine groups is 1. The summed E-state index contributed by atoms with van der Waals surface area (Å²) in [5.74, 6) is 1.59. The Labute approximate surface area is 186 Å². The number of likely N-dealkylation sites (tertiary alicyclic amines) is 1. The summed E-state index contributed by atoms with van der Waals surface area (Å²) in [7, 11) is 1.86. The first-order valence-corrected chi connectivity index (χ1v) is 11.5. The van der Waals surface area contributed by atoms with Crippen molar-refractivity contribution in [3.63, 3.8) is 0 Å². The van der Waals surface area contributed by atoms with E-state index >= 15 is 0 Å². The minimum atomic E-state index is -0.466. The molecular formula is C24H38N4O3. The van der Waals surface area contributed by atoms with Gasteiger partial charge in [0.1, 0.15) is 5.60 Å². The van der Waals surface area contributed by atoms with E-state index in [0.29, 0.717) is 25.1 Å². The number of carbonyl (C=O) groups excluding carboxylic acids is 1. The number of hydrogen-bond donors (Lipinski definition) is 2. The predicted octanol–water partition coefficient (Wildman–Crippen LogP) is 3.51. The van der Waals surface area contributed by atoms with Crippen LogP contribution in [0.3, 0.4) is 0 Å². The highest BCUT2D eigenvalue weighted by Crippen LogP contribution is 2.40. The number of nitrogens with one attached hydrogen (secondary N) is 2. The second-order valence-electron chi connectivity index (χ2n) is 9.39. The number of alkyl carbamates (subject to hydrolysis) is 1. The smallest absolute Gasteiger partial charge is 0.407 e. The van der Waals surface area contributed by atoms with Gasteiger partial charge in [0, 0.05) is 45.2 Å². The van der Waals surface area contributed by atoms with Gasteiger partial charge in [-0.25, -0.2) is 4.79 Å². The zero-order valence-electron chi connectivity index (χ0n) is 19.4. The van der Waals surface area contributed by atoms with Crippen molar-refractivity contribution in [3.8, 4) is 0 Å². The number of rotatable bonds is 7. The highest BCUT2D eigenvalue weighted by molar-refractivity contribution is 5.80. The Bertz CT molecular complexity index is 724. The molecule has 172 valence electrons. The van der Waals surface area contributed by atoms with Gasteiger partial charge >= 0.3 is 6.09 Å². The van der Waals surface area contributed by atoms with Gasteiger partial charge in [-0.2, -0.15) is 0 Å². The van der Waals surface area contributed by atoms with Gasteiger partial charge in [0.05, 0.1) is 6.10 Å². The fraction of sp³-hybridized carbons (Fsp3) is 0.667. The van der Waals surface area contributed by atoms with E-state index in [-0.39, 0.29) is 12.2 Å². The number of amides is 1. The molecule has 1 saturated carbocycles. The Balaban J connectivity index is 1.29. The number of piperidine rings is 1. The lowest BCUT2D eigenvalue weighted by Gasteiger charge is -2.34. The molecule has 3 rings (SSSR count). The summed E-state index contributed by atoms with van der Waals surface area (Å²) in [4.78, 5) is 18.5. The highest BCUT2D eigenvalue weighted by atomic mass is 16.6. The zero-order chi connectivity index (χ0) is 22.3. The number of benzene rings is 1. The summed E-state index contributed by atoms with van der Waals surface area (Å²) in [5, 5.41) is 6.42. The summed E-state index contributed by atoms with van der Waals surface area (Å²) < 4.78 is 11.2. The summed E-state index contributed by atoms with van der Waals surface area (Å²) in [6.45, 7) is 8.69. The Morgan fingerprint density at radius 1 is 1.19 bits per heavy atom. The van der Waals surface area contributed by atoms with Gasteiger partial charge in [-0.3, -0.25) is 4.99 Å². The van der Waals surface area contributed by atoms with Crippen molar-refractivity contribution in [3.05, 3.63) is 35.9 Å². The van der Waals surface area contributed by atoms with Crippen LogP contribution in [0.15, 0.2) is 35.3 Å². The summed E-state index contributed by atoms with van der Waals surface area (Å²) >= 11 is 0. The second kappa shape index (κ2) is 10.8. The molecule has 0 spiro atoms. The summed E-state index contributed by atoms with van der Waals surface area (Å²) in [5.41, 5.74) is 0.940. The molecule has 1 saturated heterocycles. The molecule has 1 aromatic carbocycles. The van der Waals surface area contributed by atoms with E-state index in [1.807, 2.05) is 27.8 Å². The van der Waals surface area contributed by atoms with Gasteiger partial charge in [-0.1, -0.05) is 30.3 Å². The molecule has 1 heterocycles. The number of carbonyl (C=O) groups is 1. The van der Waals surface area contributed by atoms with Crippen LogP contribution in [-0.2, 0) is 9.47 Å². The molecule has 1 aromatic rings. The van der Waals surface area contributed by atoms with Gasteiger partial charge in [-0.15, -0.1) is 0 Å². The third kappa shape index (κ3) is 7.73. The molecule has 2 N–H and O–H groups in total. The maximum absolute atomic E-state index is 11.6. The molecule has 2 atom stereocenters. The maximum Gasteiger partial charge on any atom is 0.407 e. The topological polar surface area (TPSA) is 75.2 Å². The average Bonchev–Trinajstić information content (AvgIpc) is 3.51. The molecule has 2 unspecified atom stereocenters. The van der Waals surface area contributed by atoms with E-state index < -0.39 is 5.60 Å². The van der Waals surface area contributed by atoms with Gasteiger partial charge < -0.3 is 25.0 Å². The van der Waals surface area contributed by atoms with Crippen molar-refractivity contribution in [2.24, 2.45) is 4.99 Å². The largest absolute Gasteiger partial charge is 0.444 e. The van der Waals surface area contributed by atoms with Crippen molar-refractivity contribution in [2.75, 3.05) is 33.3 Å². The van der Waals surface area contributed by atoms with Crippen molar-refractivity contribution in [1.29, 1.82) is 0 Å². The van der Waals surface area contributed by atoms with E-state index in [4.69, 9.17) is 9.47 Å². The molecule has 0 bridgehead atoms. The fourth-order valence-corrected chi connectivity index (χ4v) is 3.95. The molecule has 0 radical (unpaired) electrons. The second-order valence-corrected chi connectivity index (χ2v) is 9.39. The van der Waals surface area contributed by atoms with E-state index in [2.05, 4.69) is 50.9 Å². The molecule has 1 aliphatic carbocycles. The van der Waals surface area contributed by atoms with Crippen molar-refractivity contribution in [2.45, 2.75) is 70.1 Å². The molecule has 1 amide bonds. The van der Waals surface area contributed by atoms with Gasteiger partial charge in [0.15, 0.2) is 5.96 Å². The van der Waals surface area contributed by atoms with Crippen LogP contribution in [0.4, 0.5) is 4.79 Å². The first-order chi connectivity index (χ1) is 14.9. The molecule has 0 aromatic heterocycles. The quantitative estimate of drug-likeness (QED) is 0.393. The minimum absolute atomic E-state index is 0.272. The van der Waals surface area contributed by atoms with Crippen molar-refractivity contribution < 1.29 is 14.3 Å². The monoisotopic (exact) mass is 430 g/mol. The summed E-state index contributed by atoms with van der Waals surface area (Å²) in [6, 6.07) is 11.2. The molecule has 1 aliphatic heterocycles. The van der Waals surface area contributed by atoms with Gasteiger partial charge in [-0.05, 0) is 52.0 Å². The summed E-state index contributed by atoms with van der Waals surface area (Å²) in [6.07, 6.45) is 3.84. The van der Waals surface area contributed by atoms with E-state index in [0.717, 1.165) is 38.3 Å². The van der Waals surface area contributed by atoms with E-state index in [9.17, 15) is 4.79 Å². The van der Waals surface area contributed by atoms with Crippen LogP contribution in [0.1, 0.15) is 57.9 Å².